The summed E-state index contributed by atoms with van der Waals surface area (Å²) < 4.78 is 5.16. The van der Waals surface area contributed by atoms with E-state index in [1.165, 1.54) is 0 Å². The molecule has 0 N–H and O–H groups in total. The summed E-state index contributed by atoms with van der Waals surface area (Å²) in [5.41, 5.74) is 0. The quantitative estimate of drug-likeness (QED) is 0.628. The molecule has 0 atom stereocenters. The van der Waals surface area contributed by atoms with E-state index in [2.05, 4.69) is 30.9 Å². The van der Waals surface area contributed by atoms with E-state index in [4.69, 9.17) is 2.64 Å². The van der Waals surface area contributed by atoms with E-state index in [1.54, 1.807) is 0 Å². The molecule has 11 heavy (non-hydrogen) atoms. The monoisotopic (exact) mass is 347 g/mol. The second kappa shape index (κ2) is 7.46. The van der Waals surface area contributed by atoms with Gasteiger partial charge in [0, 0.05) is 0 Å². The Morgan fingerprint density at radius 3 is 2.18 bits per heavy atom. The van der Waals surface area contributed by atoms with Gasteiger partial charge in [-0.15, -0.1) is 0 Å². The molecule has 0 saturated heterocycles. The van der Waals surface area contributed by atoms with Crippen molar-refractivity contribution in [1.82, 2.24) is 9.80 Å². The van der Waals surface area contributed by atoms with Gasteiger partial charge in [-0.1, -0.05) is 0 Å². The van der Waals surface area contributed by atoms with Gasteiger partial charge in [0.25, 0.3) is 0 Å². The number of hydrogen-bond donors (Lipinski definition) is 0. The molecule has 0 aliphatic rings. The first kappa shape index (κ1) is 11.8. The van der Waals surface area contributed by atoms with E-state index in [0.29, 0.717) is 26.6 Å². The Morgan fingerprint density at radius 1 is 1.09 bits per heavy atom. The minimum atomic E-state index is 0.507. The molecule has 0 aliphatic carbocycles. The van der Waals surface area contributed by atoms with Crippen LogP contribution in [0.4, 0.5) is 0 Å². The predicted octanol–water partition coefficient (Wildman–Crippen LogP) is -0.0418. The average molecular weight is 346 g/mol. The number of nitrogens with zero attached hydrogens (tertiary/aromatic N) is 2. The zero-order chi connectivity index (χ0) is 8.69. The molecule has 0 fully saturated rings. The summed E-state index contributed by atoms with van der Waals surface area (Å²) in [4.78, 5) is 4.49. The molecule has 0 amide bonds. The molecule has 62 valence electrons. The van der Waals surface area contributed by atoms with Crippen LogP contribution in [0, 0.1) is 0 Å². The van der Waals surface area contributed by atoms with Crippen molar-refractivity contribution in [2.75, 3.05) is 47.4 Å². The van der Waals surface area contributed by atoms with Crippen molar-refractivity contribution in [3.8, 4) is 0 Å². The van der Waals surface area contributed by atoms with E-state index < -0.39 is 0 Å². The van der Waals surface area contributed by atoms with Crippen LogP contribution in [0.2, 0.25) is 0 Å². The maximum atomic E-state index is 5.16. The Hall–Kier alpha value is 0.815. The summed E-state index contributed by atoms with van der Waals surface area (Å²) in [6.45, 7) is 4.23. The fourth-order valence-corrected chi connectivity index (χ4v) is 1.20. The first-order valence-corrected chi connectivity index (χ1v) is 6.11. The van der Waals surface area contributed by atoms with Crippen LogP contribution in [-0.4, -0.2) is 57.2 Å². The molecule has 0 aromatic carbocycles. The number of hydrogen-bond acceptors (Lipinski definition) is 3. The van der Waals surface area contributed by atoms with Crippen LogP contribution in [-0.2, 0) is 29.2 Å². The number of likely N-dealkylation sites (N-methyl/N-ethyl adjacent to an activating group) is 2. The van der Waals surface area contributed by atoms with Crippen LogP contribution >= 0.6 is 0 Å². The Kier molecular flexibility index (Phi) is 8.02. The topological polar surface area (TPSA) is 15.7 Å². The molecule has 0 heterocycles. The van der Waals surface area contributed by atoms with Crippen LogP contribution in [0.3, 0.4) is 0 Å². The molecule has 0 spiro atoms. The zero-order valence-corrected chi connectivity index (χ0v) is 13.3. The molecule has 4 heteroatoms. The molecule has 0 unspecified atom stereocenters. The third kappa shape index (κ3) is 8.72. The first-order valence-electron chi connectivity index (χ1n) is 3.87. The number of rotatable bonds is 6. The van der Waals surface area contributed by atoms with Gasteiger partial charge < -0.3 is 0 Å². The molecule has 0 aromatic rings. The van der Waals surface area contributed by atoms with Gasteiger partial charge >= 0.3 is 86.4 Å². The standard InChI is InChI=1S/C7H17N2O.Hg/c1-8(2)4-5-9(3)6-7-10;/h4-7H2,1-3H3;/q-1;+2. The molecular weight excluding hydrogens is 329 g/mol. The fraction of sp³-hybridized carbons (Fsp3) is 1.00. The predicted molar refractivity (Wildman–Crippen MR) is 42.0 cm³/mol. The molecule has 0 radical (unpaired) electrons. The molecule has 3 nitrogen and oxygen atoms in total. The molecule has 0 rings (SSSR count). The molecule has 0 aliphatic heterocycles. The summed E-state index contributed by atoms with van der Waals surface area (Å²) in [6, 6.07) is 0. The summed E-state index contributed by atoms with van der Waals surface area (Å²) in [7, 11) is 6.33. The van der Waals surface area contributed by atoms with E-state index in [-0.39, 0.29) is 0 Å². The van der Waals surface area contributed by atoms with E-state index in [1.807, 2.05) is 0 Å². The van der Waals surface area contributed by atoms with Crippen molar-refractivity contribution in [2.45, 2.75) is 0 Å². The van der Waals surface area contributed by atoms with E-state index >= 15 is 0 Å². The van der Waals surface area contributed by atoms with Gasteiger partial charge in [0.2, 0.25) is 0 Å². The van der Waals surface area contributed by atoms with Gasteiger partial charge in [0.05, 0.1) is 0 Å². The Balaban J connectivity index is 3.15. The minimum absolute atomic E-state index is 0.507. The van der Waals surface area contributed by atoms with Crippen molar-refractivity contribution >= 4 is 0 Å². The summed E-state index contributed by atoms with van der Waals surface area (Å²) >= 11 is 0.507. The second-order valence-corrected chi connectivity index (χ2v) is 4.60. The molecule has 0 saturated carbocycles. The van der Waals surface area contributed by atoms with E-state index in [9.17, 15) is 0 Å². The fourth-order valence-electron chi connectivity index (χ4n) is 0.703. The van der Waals surface area contributed by atoms with Crippen molar-refractivity contribution in [3.63, 3.8) is 0 Å². The Labute approximate surface area is 86.3 Å². The van der Waals surface area contributed by atoms with Gasteiger partial charge in [-0.05, 0) is 0 Å². The van der Waals surface area contributed by atoms with Crippen molar-refractivity contribution in [3.05, 3.63) is 0 Å². The average Bonchev–Trinajstić information content (AvgIpc) is 1.97. The van der Waals surface area contributed by atoms with Gasteiger partial charge in [-0.2, -0.15) is 0 Å². The summed E-state index contributed by atoms with van der Waals surface area (Å²) in [5.74, 6) is 0. The van der Waals surface area contributed by atoms with E-state index in [0.717, 1.165) is 26.2 Å². The SMILES string of the molecule is CN(C)CCN(C)CC[O][Hg+]. The molecule has 0 aromatic heterocycles. The van der Waals surface area contributed by atoms with Crippen LogP contribution < -0.4 is 0 Å². The van der Waals surface area contributed by atoms with Crippen LogP contribution in [0.5, 0.6) is 0 Å². The zero-order valence-electron chi connectivity index (χ0n) is 7.84. The van der Waals surface area contributed by atoms with Crippen LogP contribution in [0.1, 0.15) is 0 Å². The third-order valence-corrected chi connectivity index (χ3v) is 2.67. The van der Waals surface area contributed by atoms with Crippen molar-refractivity contribution < 1.29 is 29.2 Å². The normalized spacial score (nSPS) is 11.5. The van der Waals surface area contributed by atoms with Gasteiger partial charge in [-0.25, -0.2) is 0 Å². The first-order chi connectivity index (χ1) is 5.16. The second-order valence-electron chi connectivity index (χ2n) is 3.01. The summed E-state index contributed by atoms with van der Waals surface area (Å²) in [5, 5.41) is 0. The maximum absolute atomic E-state index is 5.16. The van der Waals surface area contributed by atoms with Crippen LogP contribution in [0.15, 0.2) is 0 Å². The van der Waals surface area contributed by atoms with Crippen molar-refractivity contribution in [2.24, 2.45) is 0 Å². The van der Waals surface area contributed by atoms with Gasteiger partial charge in [-0.3, -0.25) is 0 Å². The molecular formula is C7H17HgN2O+. The van der Waals surface area contributed by atoms with Gasteiger partial charge in [0.1, 0.15) is 0 Å². The Bertz CT molecular complexity index is 90.5. The van der Waals surface area contributed by atoms with Crippen LogP contribution in [0.25, 0.3) is 0 Å². The van der Waals surface area contributed by atoms with Crippen molar-refractivity contribution in [1.29, 1.82) is 0 Å². The Morgan fingerprint density at radius 2 is 1.73 bits per heavy atom. The summed E-state index contributed by atoms with van der Waals surface area (Å²) in [6.07, 6.45) is 0. The third-order valence-electron chi connectivity index (χ3n) is 1.55. The van der Waals surface area contributed by atoms with Gasteiger partial charge in [0.15, 0.2) is 0 Å². The molecule has 0 bridgehead atoms.